The van der Waals surface area contributed by atoms with Crippen molar-refractivity contribution in [3.8, 4) is 67.9 Å². The molecule has 3 aromatic heterocycles. The number of nitrogens with one attached hydrogen (secondary N) is 3. The number of alkyl halides is 9. The zero-order valence-corrected chi connectivity index (χ0v) is 54.2. The number of carboxylic acids is 3. The molecule has 0 bridgehead atoms. The molecule has 12 aromatic rings. The molecule has 540 valence electrons. The Hall–Kier alpha value is -14.9. The first-order chi connectivity index (χ1) is 51.5. The number of carboxylic acid groups (broad SMARTS) is 3. The summed E-state index contributed by atoms with van der Waals surface area (Å²) in [4.78, 5) is 78.4. The first-order valence-corrected chi connectivity index (χ1v) is 30.9. The van der Waals surface area contributed by atoms with Crippen molar-refractivity contribution in [3.05, 3.63) is 252 Å². The van der Waals surface area contributed by atoms with Crippen LogP contribution in [0.4, 0.5) is 109 Å². The Morgan fingerprint density at radius 2 is 0.796 bits per heavy atom. The van der Waals surface area contributed by atoms with Crippen LogP contribution in [0.2, 0.25) is 0 Å². The third-order valence-electron chi connectivity index (χ3n) is 15.5. The first kappa shape index (κ1) is 72.8. The number of anilines is 6. The number of carbonyl (C=O) groups excluding carboxylic acids is 1. The maximum atomic E-state index is 14.3. The third kappa shape index (κ3) is 17.1. The van der Waals surface area contributed by atoms with Crippen molar-refractivity contribution in [1.29, 1.82) is 0 Å². The summed E-state index contributed by atoms with van der Waals surface area (Å²) in [6.07, 6.45) is -10.00. The van der Waals surface area contributed by atoms with Gasteiger partial charge in [0.25, 0.3) is 0 Å². The second kappa shape index (κ2) is 30.2. The predicted octanol–water partition coefficient (Wildman–Crippen LogP) is 19.7. The van der Waals surface area contributed by atoms with E-state index < -0.39 is 104 Å². The number of carbonyl (C=O) groups is 4. The van der Waals surface area contributed by atoms with Gasteiger partial charge in [-0.3, -0.25) is 0 Å². The summed E-state index contributed by atoms with van der Waals surface area (Å²) >= 11 is 0. The highest BCUT2D eigenvalue weighted by Gasteiger charge is 2.33. The quantitative estimate of drug-likeness (QED) is 0.0140. The van der Waals surface area contributed by atoms with E-state index in [1.165, 1.54) is 91.4 Å². The van der Waals surface area contributed by atoms with Crippen LogP contribution in [0.5, 0.6) is 23.0 Å². The molecule has 0 amide bonds. The summed E-state index contributed by atoms with van der Waals surface area (Å²) in [5.41, 5.74) is -5.37. The maximum Gasteiger partial charge on any atom is 0.416 e. The van der Waals surface area contributed by atoms with Crippen LogP contribution in [0.3, 0.4) is 0 Å². The lowest BCUT2D eigenvalue weighted by Crippen LogP contribution is -2.11. The highest BCUT2D eigenvalue weighted by Crippen LogP contribution is 2.44. The van der Waals surface area contributed by atoms with Crippen LogP contribution in [-0.2, 0) is 18.5 Å². The number of aromatic nitrogens is 6. The maximum absolute atomic E-state index is 14.3. The Morgan fingerprint density at radius 1 is 0.370 bits per heavy atom. The van der Waals surface area contributed by atoms with Gasteiger partial charge in [0.2, 0.25) is 17.8 Å². The number of hydrogen-bond donors (Lipinski definition) is 9. The Morgan fingerprint density at radius 3 is 1.30 bits per heavy atom. The molecule has 12 rings (SSSR count). The zero-order chi connectivity index (χ0) is 76.8. The molecule has 0 aliphatic heterocycles. The fraction of sp³-hybridized carbons (Fsp3) is 0.0411. The van der Waals surface area contributed by atoms with Gasteiger partial charge < -0.3 is 51.3 Å². The molecule has 0 aliphatic rings. The Balaban J connectivity index is 0.879. The molecule has 0 aliphatic carbocycles. The van der Waals surface area contributed by atoms with Gasteiger partial charge >= 0.3 is 42.4 Å². The van der Waals surface area contributed by atoms with Gasteiger partial charge in [-0.05, 0) is 175 Å². The van der Waals surface area contributed by atoms with Gasteiger partial charge in [0, 0.05) is 57.9 Å². The van der Waals surface area contributed by atoms with E-state index in [0.29, 0.717) is 5.56 Å². The third-order valence-corrected chi connectivity index (χ3v) is 15.5. The van der Waals surface area contributed by atoms with E-state index in [1.807, 2.05) is 0 Å². The summed E-state index contributed by atoms with van der Waals surface area (Å²) in [5, 5.41) is 97.7. The molecular formula is C73H44F9N15O11. The number of benzene rings is 9. The SMILES string of the molecule is O=C(O)c1cc(O)ccc1N=Nc1ccc(OC(=O)c2cc(N=Nc3ccc(-c4cc(O)c(N=Nc5ccccc5-c5ccnc(Nc6ccc(C(F)(F)F)cc6)n5)cc4C(=O)O)cc3-c3ccnc(Nc4ccc(C(F)(F)F)cc4)n3)cc(C(=O)O)c2O)cc1-c1ccnc(Nc2ccc(C(F)(F)F)cc2)n1. The number of ether oxygens (including phenoxy) is 1. The molecule has 108 heavy (non-hydrogen) atoms. The first-order valence-electron chi connectivity index (χ1n) is 30.9. The number of hydrogen-bond acceptors (Lipinski definition) is 23. The summed E-state index contributed by atoms with van der Waals surface area (Å²) in [6.45, 7) is 0. The molecule has 0 saturated heterocycles. The smallest absolute Gasteiger partial charge is 0.416 e. The number of halogens is 9. The summed E-state index contributed by atoms with van der Waals surface area (Å²) in [5.74, 6) is -8.98. The lowest BCUT2D eigenvalue weighted by molar-refractivity contribution is -0.138. The van der Waals surface area contributed by atoms with E-state index >= 15 is 0 Å². The molecule has 0 atom stereocenters. The standard InChI is InChI=1S/C73H44F9N15O11/c74-71(75,76)37-6-12-40(13-7-37)86-68-83-26-23-54(89-68)46-3-1-2-4-57(46)94-97-61-34-48(64(101)102)47(35-62(61)99)36-5-20-58(49(29-36)55-24-27-84-69(90-55)87-41-14-8-38(9-15-41)72(77,78)79)93-92-43-30-52(66(105)106)63(100)53(31-43)67(107)108-45-19-22-59(95-96-60-21-18-44(98)32-51(60)65(103)104)50(33-45)56-25-28-85-70(91-56)88-42-16-10-39(11-17-42)73(80,81)82/h1-35,98-100H,(H,101,102)(H,103,104)(H,105,106)(H,83,86,89)(H,84,87,90)(H,85,88,91). The molecule has 35 heteroatoms. The van der Waals surface area contributed by atoms with E-state index in [4.69, 9.17) is 4.74 Å². The molecule has 0 unspecified atom stereocenters. The number of phenolic OH excluding ortho intramolecular Hbond substituents is 2. The van der Waals surface area contributed by atoms with Gasteiger partial charge in [-0.25, -0.2) is 49.1 Å². The minimum atomic E-state index is -4.67. The zero-order valence-electron chi connectivity index (χ0n) is 54.2. The minimum Gasteiger partial charge on any atom is -0.508 e. The molecule has 0 spiro atoms. The van der Waals surface area contributed by atoms with Gasteiger partial charge in [0.15, 0.2) is 0 Å². The fourth-order valence-corrected chi connectivity index (χ4v) is 10.3. The molecule has 0 saturated carbocycles. The molecule has 9 aromatic carbocycles. The number of rotatable bonds is 21. The number of aromatic carboxylic acids is 3. The van der Waals surface area contributed by atoms with Gasteiger partial charge in [-0.1, -0.05) is 24.3 Å². The van der Waals surface area contributed by atoms with Crippen molar-refractivity contribution in [2.75, 3.05) is 16.0 Å². The summed E-state index contributed by atoms with van der Waals surface area (Å²) in [6, 6.07) is 37.2. The average molecular weight is 1480 g/mol. The van der Waals surface area contributed by atoms with Crippen molar-refractivity contribution in [1.82, 2.24) is 29.9 Å². The van der Waals surface area contributed by atoms with Gasteiger partial charge in [-0.2, -0.15) is 44.6 Å². The van der Waals surface area contributed by atoms with Crippen LogP contribution in [0.15, 0.2) is 243 Å². The van der Waals surface area contributed by atoms with Crippen molar-refractivity contribution in [2.45, 2.75) is 18.5 Å². The van der Waals surface area contributed by atoms with Crippen LogP contribution < -0.4 is 20.7 Å². The van der Waals surface area contributed by atoms with Crippen LogP contribution in [0.25, 0.3) is 44.9 Å². The highest BCUT2D eigenvalue weighted by atomic mass is 19.4. The van der Waals surface area contributed by atoms with Crippen molar-refractivity contribution in [3.63, 3.8) is 0 Å². The number of phenols is 3. The van der Waals surface area contributed by atoms with E-state index in [9.17, 15) is 89.3 Å². The average Bonchev–Trinajstić information content (AvgIpc) is 0.783. The van der Waals surface area contributed by atoms with Crippen LogP contribution in [-0.4, -0.2) is 84.4 Å². The number of azo groups is 3. The highest BCUT2D eigenvalue weighted by molar-refractivity contribution is 6.02. The summed E-state index contributed by atoms with van der Waals surface area (Å²) < 4.78 is 126. The normalized spacial score (nSPS) is 11.8. The number of aromatic hydroxyl groups is 3. The molecule has 9 N–H and O–H groups in total. The van der Waals surface area contributed by atoms with Gasteiger partial charge in [0.1, 0.15) is 45.5 Å². The lowest BCUT2D eigenvalue weighted by atomic mass is 9.95. The van der Waals surface area contributed by atoms with E-state index in [2.05, 4.69) is 76.5 Å². The lowest BCUT2D eigenvalue weighted by Gasteiger charge is -2.13. The van der Waals surface area contributed by atoms with Crippen molar-refractivity contribution in [2.24, 2.45) is 30.7 Å². The predicted molar refractivity (Wildman–Crippen MR) is 368 cm³/mol. The van der Waals surface area contributed by atoms with Crippen LogP contribution >= 0.6 is 0 Å². The Bertz CT molecular complexity index is 5620. The van der Waals surface area contributed by atoms with Gasteiger partial charge in [-0.15, -0.1) is 25.6 Å². The molecular weight excluding hydrogens is 1430 g/mol. The van der Waals surface area contributed by atoms with Gasteiger partial charge in [0.05, 0.1) is 67.6 Å². The second-order valence-corrected chi connectivity index (χ2v) is 22.7. The molecule has 0 fully saturated rings. The van der Waals surface area contributed by atoms with Crippen molar-refractivity contribution >= 4 is 92.9 Å². The summed E-state index contributed by atoms with van der Waals surface area (Å²) in [7, 11) is 0. The fourth-order valence-electron chi connectivity index (χ4n) is 10.3. The van der Waals surface area contributed by atoms with Crippen molar-refractivity contribution < 1.29 is 94.1 Å². The monoisotopic (exact) mass is 1480 g/mol. The van der Waals surface area contributed by atoms with E-state index in [0.717, 1.165) is 103 Å². The largest absolute Gasteiger partial charge is 0.508 e. The Labute approximate surface area is 599 Å². The second-order valence-electron chi connectivity index (χ2n) is 22.7. The molecule has 3 heterocycles. The number of nitrogens with zero attached hydrogens (tertiary/aromatic N) is 12. The minimum absolute atomic E-state index is 0.0000152. The van der Waals surface area contributed by atoms with Crippen LogP contribution in [0.1, 0.15) is 58.1 Å². The Kier molecular flexibility index (Phi) is 20.4. The van der Waals surface area contributed by atoms with Crippen LogP contribution in [0, 0.1) is 0 Å². The molecule has 26 nitrogen and oxygen atoms in total. The van der Waals surface area contributed by atoms with E-state index in [-0.39, 0.29) is 108 Å². The molecule has 0 radical (unpaired) electrons. The van der Waals surface area contributed by atoms with E-state index in [1.54, 1.807) is 18.2 Å². The topological polar surface area (TPSA) is 386 Å². The number of esters is 1.